The van der Waals surface area contributed by atoms with E-state index in [4.69, 9.17) is 4.74 Å². The average Bonchev–Trinajstić information content (AvgIpc) is 2.62. The first kappa shape index (κ1) is 23.9. The number of hydrogen-bond donors (Lipinski definition) is 3. The van der Waals surface area contributed by atoms with E-state index in [-0.39, 0.29) is 12.6 Å². The minimum atomic E-state index is -0.907. The first-order chi connectivity index (χ1) is 12.2. The third-order valence-electron chi connectivity index (χ3n) is 4.23. The van der Waals surface area contributed by atoms with Crippen LogP contribution in [0.2, 0.25) is 0 Å². The van der Waals surface area contributed by atoms with Crippen LogP contribution in [0.25, 0.3) is 0 Å². The molecule has 0 fully saturated rings. The van der Waals surface area contributed by atoms with Gasteiger partial charge in [-0.2, -0.15) is 0 Å². The van der Waals surface area contributed by atoms with E-state index in [0.717, 1.165) is 19.3 Å². The van der Waals surface area contributed by atoms with E-state index in [1.165, 1.54) is 58.5 Å². The first-order valence-electron chi connectivity index (χ1n) is 9.82. The van der Waals surface area contributed by atoms with Crippen LogP contribution in [-0.4, -0.2) is 43.4 Å². The highest BCUT2D eigenvalue weighted by molar-refractivity contribution is 5.87. The second kappa shape index (κ2) is 17.7. The summed E-state index contributed by atoms with van der Waals surface area (Å²) in [6, 6.07) is -0.907. The van der Waals surface area contributed by atoms with Gasteiger partial charge in [-0.05, 0) is 6.42 Å². The third-order valence-corrected chi connectivity index (χ3v) is 4.23. The number of aliphatic hydroxyl groups is 1. The molecule has 0 saturated heterocycles. The van der Waals surface area contributed by atoms with Gasteiger partial charge in [-0.15, -0.1) is 0 Å². The predicted molar refractivity (Wildman–Crippen MR) is 100 cm³/mol. The van der Waals surface area contributed by atoms with Crippen molar-refractivity contribution in [3.05, 3.63) is 0 Å². The molecule has 1 atom stereocenters. The fourth-order valence-corrected chi connectivity index (χ4v) is 2.68. The van der Waals surface area contributed by atoms with Gasteiger partial charge in [0.1, 0.15) is 12.8 Å². The number of aliphatic hydroxyl groups excluding tert-OH is 1. The zero-order valence-electron chi connectivity index (χ0n) is 16.1. The molecule has 3 N–H and O–H groups in total. The Bertz CT molecular complexity index is 337. The monoisotopic (exact) mass is 358 g/mol. The molecule has 0 bridgehead atoms. The second-order valence-electron chi connectivity index (χ2n) is 6.56. The number of ether oxygens (including phenoxy) is 1. The molecular formula is C19H38N2O4. The quantitative estimate of drug-likeness (QED) is 0.276. The summed E-state index contributed by atoms with van der Waals surface area (Å²) >= 11 is 0. The molecule has 0 radical (unpaired) electrons. The van der Waals surface area contributed by atoms with Crippen molar-refractivity contribution < 1.29 is 19.4 Å². The number of methoxy groups -OCH3 is 1. The molecule has 6 heteroatoms. The smallest absolute Gasteiger partial charge is 0.246 e. The van der Waals surface area contributed by atoms with Crippen molar-refractivity contribution in [3.63, 3.8) is 0 Å². The second-order valence-corrected chi connectivity index (χ2v) is 6.56. The van der Waals surface area contributed by atoms with Crippen molar-refractivity contribution in [2.24, 2.45) is 0 Å². The summed E-state index contributed by atoms with van der Waals surface area (Å²) in [7, 11) is 1.46. The Morgan fingerprint density at radius 3 is 1.92 bits per heavy atom. The van der Waals surface area contributed by atoms with Crippen LogP contribution in [0.4, 0.5) is 0 Å². The van der Waals surface area contributed by atoms with Crippen molar-refractivity contribution >= 4 is 11.8 Å². The van der Waals surface area contributed by atoms with Gasteiger partial charge in [-0.3, -0.25) is 9.59 Å². The van der Waals surface area contributed by atoms with Gasteiger partial charge in [-0.25, -0.2) is 0 Å². The maximum Gasteiger partial charge on any atom is 0.246 e. The Morgan fingerprint density at radius 2 is 1.44 bits per heavy atom. The van der Waals surface area contributed by atoms with Crippen LogP contribution in [0.1, 0.15) is 84.0 Å². The SMILES string of the molecule is CCCCCCCCCCCCCC(=O)N[C@@H](CO)C(=O)NCOC. The van der Waals surface area contributed by atoms with E-state index >= 15 is 0 Å². The maximum absolute atomic E-state index is 11.8. The van der Waals surface area contributed by atoms with E-state index in [0.29, 0.717) is 6.42 Å². The standard InChI is InChI=1S/C19H38N2O4/c1-3-4-5-6-7-8-9-10-11-12-13-14-18(23)21-17(15-22)19(24)20-16-25-2/h17,22H,3-16H2,1-2H3,(H,20,24)(H,21,23)/t17-/m0/s1. The predicted octanol–water partition coefficient (Wildman–Crippen LogP) is 2.88. The van der Waals surface area contributed by atoms with Crippen LogP contribution in [-0.2, 0) is 14.3 Å². The first-order valence-corrected chi connectivity index (χ1v) is 9.82. The fraction of sp³-hybridized carbons (Fsp3) is 0.895. The summed E-state index contributed by atoms with van der Waals surface area (Å²) in [6.07, 6.45) is 13.9. The Labute approximate surface area is 153 Å². The lowest BCUT2D eigenvalue weighted by Gasteiger charge is -2.15. The van der Waals surface area contributed by atoms with Gasteiger partial charge in [-0.1, -0.05) is 71.1 Å². The molecule has 25 heavy (non-hydrogen) atoms. The number of nitrogens with one attached hydrogen (secondary N) is 2. The largest absolute Gasteiger partial charge is 0.394 e. The number of unbranched alkanes of at least 4 members (excludes halogenated alkanes) is 10. The molecule has 148 valence electrons. The molecule has 0 rings (SSSR count). The summed E-state index contributed by atoms with van der Waals surface area (Å²) in [5.74, 6) is -0.626. The van der Waals surface area contributed by atoms with Gasteiger partial charge in [0.05, 0.1) is 6.61 Å². The van der Waals surface area contributed by atoms with Gasteiger partial charge in [0, 0.05) is 13.5 Å². The normalized spacial score (nSPS) is 12.0. The summed E-state index contributed by atoms with van der Waals surface area (Å²) in [5.41, 5.74) is 0. The lowest BCUT2D eigenvalue weighted by Crippen LogP contribution is -2.49. The highest BCUT2D eigenvalue weighted by Gasteiger charge is 2.18. The molecular weight excluding hydrogens is 320 g/mol. The molecule has 0 aliphatic heterocycles. The highest BCUT2D eigenvalue weighted by atomic mass is 16.5. The molecule has 6 nitrogen and oxygen atoms in total. The Morgan fingerprint density at radius 1 is 0.920 bits per heavy atom. The van der Waals surface area contributed by atoms with Crippen LogP contribution >= 0.6 is 0 Å². The highest BCUT2D eigenvalue weighted by Crippen LogP contribution is 2.11. The molecule has 2 amide bonds. The molecule has 0 aromatic heterocycles. The topological polar surface area (TPSA) is 87.7 Å². The van der Waals surface area contributed by atoms with E-state index in [9.17, 15) is 14.7 Å². The van der Waals surface area contributed by atoms with Crippen LogP contribution < -0.4 is 10.6 Å². The maximum atomic E-state index is 11.8. The molecule has 0 heterocycles. The lowest BCUT2D eigenvalue weighted by molar-refractivity contribution is -0.130. The number of hydrogen-bond acceptors (Lipinski definition) is 4. The number of carbonyl (C=O) groups is 2. The third kappa shape index (κ3) is 14.9. The zero-order valence-corrected chi connectivity index (χ0v) is 16.1. The molecule has 0 unspecified atom stereocenters. The van der Waals surface area contributed by atoms with Crippen molar-refractivity contribution in [3.8, 4) is 0 Å². The van der Waals surface area contributed by atoms with Crippen LogP contribution in [0.3, 0.4) is 0 Å². The summed E-state index contributed by atoms with van der Waals surface area (Å²) in [4.78, 5) is 23.5. The van der Waals surface area contributed by atoms with Crippen molar-refractivity contribution in [2.45, 2.75) is 90.0 Å². The van der Waals surface area contributed by atoms with Crippen molar-refractivity contribution in [1.29, 1.82) is 0 Å². The Hall–Kier alpha value is -1.14. The molecule has 0 aromatic rings. The molecule has 0 aliphatic rings. The minimum Gasteiger partial charge on any atom is -0.394 e. The summed E-state index contributed by atoms with van der Waals surface area (Å²) in [6.45, 7) is 1.88. The van der Waals surface area contributed by atoms with Crippen LogP contribution in [0.5, 0.6) is 0 Å². The minimum absolute atomic E-state index is 0.0593. The molecule has 0 aliphatic carbocycles. The van der Waals surface area contributed by atoms with E-state index < -0.39 is 18.6 Å². The van der Waals surface area contributed by atoms with Crippen molar-refractivity contribution in [1.82, 2.24) is 10.6 Å². The zero-order chi connectivity index (χ0) is 18.8. The fourth-order valence-electron chi connectivity index (χ4n) is 2.68. The molecule has 0 spiro atoms. The van der Waals surface area contributed by atoms with Gasteiger partial charge < -0.3 is 20.5 Å². The van der Waals surface area contributed by atoms with Crippen LogP contribution in [0.15, 0.2) is 0 Å². The van der Waals surface area contributed by atoms with E-state index in [2.05, 4.69) is 17.6 Å². The molecule has 0 aromatic carbocycles. The number of carbonyl (C=O) groups excluding carboxylic acids is 2. The number of amides is 2. The van der Waals surface area contributed by atoms with Gasteiger partial charge in [0.2, 0.25) is 11.8 Å². The Kier molecular flexibility index (Phi) is 16.9. The van der Waals surface area contributed by atoms with Gasteiger partial charge in [0.15, 0.2) is 0 Å². The van der Waals surface area contributed by atoms with Crippen LogP contribution in [0, 0.1) is 0 Å². The Balaban J connectivity index is 3.55. The summed E-state index contributed by atoms with van der Waals surface area (Å²) in [5, 5.41) is 14.2. The number of rotatable bonds is 17. The van der Waals surface area contributed by atoms with Crippen molar-refractivity contribution in [2.75, 3.05) is 20.4 Å². The van der Waals surface area contributed by atoms with Gasteiger partial charge >= 0.3 is 0 Å². The van der Waals surface area contributed by atoms with E-state index in [1.807, 2.05) is 0 Å². The van der Waals surface area contributed by atoms with E-state index in [1.54, 1.807) is 0 Å². The summed E-state index contributed by atoms with van der Waals surface area (Å²) < 4.78 is 4.73. The van der Waals surface area contributed by atoms with Gasteiger partial charge in [0.25, 0.3) is 0 Å². The average molecular weight is 359 g/mol. The lowest BCUT2D eigenvalue weighted by atomic mass is 10.1. The molecule has 0 saturated carbocycles.